The molecule has 0 radical (unpaired) electrons. The first-order valence-electron chi connectivity index (χ1n) is 6.71. The fraction of sp³-hybridized carbons (Fsp3) is 0.267. The molecule has 21 heavy (non-hydrogen) atoms. The molecule has 1 aliphatic rings. The summed E-state index contributed by atoms with van der Waals surface area (Å²) in [5.41, 5.74) is 2.46. The molecule has 1 aromatic carbocycles. The van der Waals surface area contributed by atoms with Gasteiger partial charge in [0.1, 0.15) is 12.0 Å². The maximum atomic E-state index is 12.1. The summed E-state index contributed by atoms with van der Waals surface area (Å²) in [5, 5.41) is 6.21. The van der Waals surface area contributed by atoms with E-state index in [4.69, 9.17) is 0 Å². The summed E-state index contributed by atoms with van der Waals surface area (Å²) in [6.45, 7) is 2.38. The van der Waals surface area contributed by atoms with Gasteiger partial charge in [-0.1, -0.05) is 22.9 Å². The highest BCUT2D eigenvalue weighted by atomic mass is 16.5. The lowest BCUT2D eigenvalue weighted by Gasteiger charge is -2.16. The van der Waals surface area contributed by atoms with E-state index in [9.17, 15) is 9.59 Å². The highest BCUT2D eigenvalue weighted by molar-refractivity contribution is 6.03. The third-order valence-electron chi connectivity index (χ3n) is 3.54. The molecule has 0 spiro atoms. The van der Waals surface area contributed by atoms with Crippen LogP contribution in [0.4, 0.5) is 11.4 Å². The number of hydrogen-bond acceptors (Lipinski definition) is 4. The Kier molecular flexibility index (Phi) is 3.43. The molecule has 0 aliphatic carbocycles. The topological polar surface area (TPSA) is 75.4 Å². The Hall–Kier alpha value is -2.63. The zero-order chi connectivity index (χ0) is 14.8. The third kappa shape index (κ3) is 2.79. The summed E-state index contributed by atoms with van der Waals surface area (Å²) in [4.78, 5) is 25.9. The van der Waals surface area contributed by atoms with Crippen LogP contribution in [0.15, 0.2) is 41.2 Å². The lowest BCUT2D eigenvalue weighted by molar-refractivity contribution is -0.122. The Morgan fingerprint density at radius 2 is 2.14 bits per heavy atom. The van der Waals surface area contributed by atoms with Crippen molar-refractivity contribution in [2.24, 2.45) is 5.92 Å². The first-order chi connectivity index (χ1) is 10.1. The van der Waals surface area contributed by atoms with Crippen LogP contribution in [0.1, 0.15) is 12.0 Å². The summed E-state index contributed by atoms with van der Waals surface area (Å²) in [5.74, 6) is -0.598. The molecular weight excluding hydrogens is 270 g/mol. The van der Waals surface area contributed by atoms with Crippen molar-refractivity contribution < 1.29 is 14.1 Å². The molecule has 6 heteroatoms. The number of nitrogens with zero attached hydrogens (tertiary/aromatic N) is 2. The molecule has 1 unspecified atom stereocenters. The van der Waals surface area contributed by atoms with Crippen molar-refractivity contribution >= 4 is 23.2 Å². The molecular formula is C15H15N3O3. The molecule has 1 N–H and O–H groups in total. The van der Waals surface area contributed by atoms with Gasteiger partial charge in [-0.05, 0) is 19.1 Å². The molecule has 2 heterocycles. The first-order valence-corrected chi connectivity index (χ1v) is 6.71. The summed E-state index contributed by atoms with van der Waals surface area (Å²) >= 11 is 0. The van der Waals surface area contributed by atoms with E-state index in [2.05, 4.69) is 15.0 Å². The average molecular weight is 285 g/mol. The molecule has 0 saturated carbocycles. The van der Waals surface area contributed by atoms with Crippen LogP contribution in [0.2, 0.25) is 0 Å². The Morgan fingerprint density at radius 3 is 2.81 bits per heavy atom. The third-order valence-corrected chi connectivity index (χ3v) is 3.54. The minimum Gasteiger partial charge on any atom is -0.363 e. The molecule has 6 nitrogen and oxygen atoms in total. The molecule has 1 aliphatic heterocycles. The number of carbonyl (C=O) groups excluding carboxylic acids is 2. The van der Waals surface area contributed by atoms with Crippen molar-refractivity contribution in [1.29, 1.82) is 0 Å². The highest BCUT2D eigenvalue weighted by Gasteiger charge is 2.35. The number of nitrogens with one attached hydrogen (secondary N) is 1. The second-order valence-electron chi connectivity index (χ2n) is 5.14. The minimum atomic E-state index is -0.367. The van der Waals surface area contributed by atoms with Gasteiger partial charge in [0.05, 0.1) is 12.1 Å². The quantitative estimate of drug-likeness (QED) is 0.935. The molecule has 108 valence electrons. The zero-order valence-electron chi connectivity index (χ0n) is 11.6. The van der Waals surface area contributed by atoms with Crippen molar-refractivity contribution in [3.05, 3.63) is 42.3 Å². The largest absolute Gasteiger partial charge is 0.363 e. The minimum absolute atomic E-state index is 0.0377. The van der Waals surface area contributed by atoms with Gasteiger partial charge in [-0.15, -0.1) is 0 Å². The van der Waals surface area contributed by atoms with E-state index < -0.39 is 0 Å². The number of amides is 2. The molecule has 1 atom stereocenters. The first kappa shape index (κ1) is 13.4. The van der Waals surface area contributed by atoms with E-state index in [0.29, 0.717) is 12.2 Å². The van der Waals surface area contributed by atoms with Gasteiger partial charge in [0, 0.05) is 18.7 Å². The smallest absolute Gasteiger partial charge is 0.229 e. The number of aryl methyl sites for hydroxylation is 1. The zero-order valence-corrected chi connectivity index (χ0v) is 11.6. The molecule has 3 rings (SSSR count). The van der Waals surface area contributed by atoms with E-state index in [1.54, 1.807) is 4.90 Å². The van der Waals surface area contributed by atoms with Gasteiger partial charge in [0.2, 0.25) is 11.8 Å². The van der Waals surface area contributed by atoms with Crippen molar-refractivity contribution in [3.63, 3.8) is 0 Å². The Labute approximate surface area is 121 Å². The van der Waals surface area contributed by atoms with E-state index in [1.165, 1.54) is 12.5 Å². The van der Waals surface area contributed by atoms with Gasteiger partial charge in [0.25, 0.3) is 0 Å². The van der Waals surface area contributed by atoms with Gasteiger partial charge in [-0.3, -0.25) is 9.59 Å². The Bertz CT molecular complexity index is 649. The SMILES string of the molecule is Cc1ccc(N2CC(C(=O)Nc3cnoc3)CC2=O)cc1. The predicted molar refractivity (Wildman–Crippen MR) is 76.8 cm³/mol. The van der Waals surface area contributed by atoms with Gasteiger partial charge < -0.3 is 14.7 Å². The molecule has 1 fully saturated rings. The fourth-order valence-electron chi connectivity index (χ4n) is 2.37. The molecule has 2 amide bonds. The van der Waals surface area contributed by atoms with Gasteiger partial charge in [0.15, 0.2) is 0 Å². The molecule has 0 bridgehead atoms. The van der Waals surface area contributed by atoms with Crippen molar-refractivity contribution in [3.8, 4) is 0 Å². The monoisotopic (exact) mass is 285 g/mol. The van der Waals surface area contributed by atoms with Crippen LogP contribution in [0.3, 0.4) is 0 Å². The van der Waals surface area contributed by atoms with Crippen LogP contribution in [0.5, 0.6) is 0 Å². The molecule has 1 aromatic heterocycles. The lowest BCUT2D eigenvalue weighted by Crippen LogP contribution is -2.28. The number of benzene rings is 1. The second kappa shape index (κ2) is 5.40. The highest BCUT2D eigenvalue weighted by Crippen LogP contribution is 2.26. The van der Waals surface area contributed by atoms with Crippen LogP contribution in [-0.2, 0) is 9.59 Å². The van der Waals surface area contributed by atoms with Crippen LogP contribution in [-0.4, -0.2) is 23.5 Å². The van der Waals surface area contributed by atoms with Crippen LogP contribution in [0, 0.1) is 12.8 Å². The van der Waals surface area contributed by atoms with Crippen molar-refractivity contribution in [1.82, 2.24) is 5.16 Å². The summed E-state index contributed by atoms with van der Waals surface area (Å²) in [6, 6.07) is 7.70. The number of aromatic nitrogens is 1. The summed E-state index contributed by atoms with van der Waals surface area (Å²) in [6.07, 6.45) is 2.99. The summed E-state index contributed by atoms with van der Waals surface area (Å²) < 4.78 is 4.66. The predicted octanol–water partition coefficient (Wildman–Crippen LogP) is 1.97. The number of rotatable bonds is 3. The standard InChI is InChI=1S/C15H15N3O3/c1-10-2-4-13(5-3-10)18-8-11(6-14(18)19)15(20)17-12-7-16-21-9-12/h2-5,7,9,11H,6,8H2,1H3,(H,17,20). The lowest BCUT2D eigenvalue weighted by atomic mass is 10.1. The van der Waals surface area contributed by atoms with Crippen LogP contribution >= 0.6 is 0 Å². The van der Waals surface area contributed by atoms with Gasteiger partial charge in [-0.25, -0.2) is 0 Å². The van der Waals surface area contributed by atoms with Crippen molar-refractivity contribution in [2.75, 3.05) is 16.8 Å². The second-order valence-corrected chi connectivity index (χ2v) is 5.14. The molecule has 1 saturated heterocycles. The maximum Gasteiger partial charge on any atom is 0.229 e. The van der Waals surface area contributed by atoms with Gasteiger partial charge in [-0.2, -0.15) is 0 Å². The number of anilines is 2. The fourth-order valence-corrected chi connectivity index (χ4v) is 2.37. The maximum absolute atomic E-state index is 12.1. The molecule has 2 aromatic rings. The summed E-state index contributed by atoms with van der Waals surface area (Å²) in [7, 11) is 0. The van der Waals surface area contributed by atoms with Gasteiger partial charge >= 0.3 is 0 Å². The van der Waals surface area contributed by atoms with Crippen molar-refractivity contribution in [2.45, 2.75) is 13.3 Å². The van der Waals surface area contributed by atoms with E-state index in [-0.39, 0.29) is 24.2 Å². The number of carbonyl (C=O) groups is 2. The Morgan fingerprint density at radius 1 is 1.38 bits per heavy atom. The number of hydrogen-bond donors (Lipinski definition) is 1. The average Bonchev–Trinajstić information content (AvgIpc) is 3.09. The van der Waals surface area contributed by atoms with E-state index in [1.807, 2.05) is 31.2 Å². The normalized spacial score (nSPS) is 18.0. The van der Waals surface area contributed by atoms with Crippen LogP contribution < -0.4 is 10.2 Å². The van der Waals surface area contributed by atoms with Crippen LogP contribution in [0.25, 0.3) is 0 Å². The Balaban J connectivity index is 1.69. The van der Waals surface area contributed by atoms with E-state index >= 15 is 0 Å². The van der Waals surface area contributed by atoms with E-state index in [0.717, 1.165) is 11.3 Å².